The van der Waals surface area contributed by atoms with Crippen molar-refractivity contribution in [2.45, 2.75) is 51.0 Å². The number of aromatic amines is 1. The van der Waals surface area contributed by atoms with E-state index >= 15 is 0 Å². The number of fused-ring (bicyclic) bond motifs is 3. The lowest BCUT2D eigenvalue weighted by Gasteiger charge is -2.32. The van der Waals surface area contributed by atoms with Gasteiger partial charge >= 0.3 is 0 Å². The number of hydrogen-bond donors (Lipinski definition) is 1. The van der Waals surface area contributed by atoms with E-state index in [-0.39, 0.29) is 18.0 Å². The molecule has 2 aromatic carbocycles. The minimum atomic E-state index is 0. The van der Waals surface area contributed by atoms with Crippen LogP contribution >= 0.6 is 12.4 Å². The molecule has 2 aliphatic rings. The highest BCUT2D eigenvalue weighted by Gasteiger charge is 2.21. The molecule has 3 aromatic rings. The number of H-pyrrole nitrogens is 1. The van der Waals surface area contributed by atoms with Crippen molar-refractivity contribution >= 4 is 23.3 Å². The van der Waals surface area contributed by atoms with Crippen LogP contribution in [0, 0.1) is 0 Å². The number of hydrogen-bond acceptors (Lipinski definition) is 3. The highest BCUT2D eigenvalue weighted by Crippen LogP contribution is 2.31. The van der Waals surface area contributed by atoms with Gasteiger partial charge in [-0.15, -0.1) is 12.4 Å². The second kappa shape index (κ2) is 9.46. The predicted molar refractivity (Wildman–Crippen MR) is 129 cm³/mol. The van der Waals surface area contributed by atoms with Crippen molar-refractivity contribution < 1.29 is 4.74 Å². The number of aryl methyl sites for hydroxylation is 1. The minimum absolute atomic E-state index is 0. The molecule has 1 fully saturated rings. The first-order valence-corrected chi connectivity index (χ1v) is 11.2. The third-order valence-corrected chi connectivity index (χ3v) is 6.98. The predicted octanol–water partition coefficient (Wildman–Crippen LogP) is 5.22. The van der Waals surface area contributed by atoms with Gasteiger partial charge in [-0.1, -0.05) is 18.2 Å². The summed E-state index contributed by atoms with van der Waals surface area (Å²) in [5, 5.41) is 1.26. The van der Waals surface area contributed by atoms with E-state index in [9.17, 15) is 4.79 Å². The zero-order chi connectivity index (χ0) is 20.5. The van der Waals surface area contributed by atoms with Gasteiger partial charge in [-0.25, -0.2) is 0 Å². The van der Waals surface area contributed by atoms with Gasteiger partial charge in [0.1, 0.15) is 5.75 Å². The Morgan fingerprint density at radius 1 is 1.00 bits per heavy atom. The summed E-state index contributed by atoms with van der Waals surface area (Å²) in [4.78, 5) is 18.1. The van der Waals surface area contributed by atoms with Crippen molar-refractivity contribution in [1.29, 1.82) is 0 Å². The fourth-order valence-corrected chi connectivity index (χ4v) is 5.26. The van der Waals surface area contributed by atoms with Gasteiger partial charge in [0.2, 0.25) is 0 Å². The first-order chi connectivity index (χ1) is 14.7. The van der Waals surface area contributed by atoms with Crippen molar-refractivity contribution in [3.8, 4) is 5.75 Å². The topological polar surface area (TPSA) is 45.3 Å². The van der Waals surface area contributed by atoms with Crippen molar-refractivity contribution in [3.05, 3.63) is 75.1 Å². The van der Waals surface area contributed by atoms with Gasteiger partial charge in [0.25, 0.3) is 5.56 Å². The van der Waals surface area contributed by atoms with Crippen LogP contribution in [0.4, 0.5) is 0 Å². The highest BCUT2D eigenvalue weighted by atomic mass is 35.5. The van der Waals surface area contributed by atoms with Crippen molar-refractivity contribution in [3.63, 3.8) is 0 Å². The van der Waals surface area contributed by atoms with E-state index in [1.54, 1.807) is 7.11 Å². The van der Waals surface area contributed by atoms with Gasteiger partial charge in [0.15, 0.2) is 0 Å². The molecule has 4 nitrogen and oxygen atoms in total. The van der Waals surface area contributed by atoms with Gasteiger partial charge < -0.3 is 9.72 Å². The molecule has 0 bridgehead atoms. The molecule has 1 aliphatic carbocycles. The molecule has 0 atom stereocenters. The number of nitrogens with one attached hydrogen (secondary N) is 1. The van der Waals surface area contributed by atoms with Crippen LogP contribution in [0.1, 0.15) is 53.9 Å². The van der Waals surface area contributed by atoms with Gasteiger partial charge in [0.05, 0.1) is 7.11 Å². The number of benzene rings is 2. The van der Waals surface area contributed by atoms with Gasteiger partial charge in [-0.3, -0.25) is 9.69 Å². The maximum Gasteiger partial charge on any atom is 0.251 e. The summed E-state index contributed by atoms with van der Waals surface area (Å²) in [6, 6.07) is 15.2. The number of nitrogens with zero attached hydrogens (tertiary/aromatic N) is 1. The average Bonchev–Trinajstić information content (AvgIpc) is 2.80. The van der Waals surface area contributed by atoms with Crippen molar-refractivity contribution in [1.82, 2.24) is 9.88 Å². The molecule has 0 saturated carbocycles. The number of ether oxygens (including phenoxy) is 1. The molecule has 1 aliphatic heterocycles. The van der Waals surface area contributed by atoms with Crippen LogP contribution in [0.25, 0.3) is 10.9 Å². The van der Waals surface area contributed by atoms with Gasteiger partial charge in [-0.2, -0.15) is 0 Å². The minimum Gasteiger partial charge on any atom is -0.497 e. The number of methoxy groups -OCH3 is 1. The molecule has 1 aromatic heterocycles. The molecule has 1 saturated heterocycles. The summed E-state index contributed by atoms with van der Waals surface area (Å²) in [6.07, 6.45) is 6.67. The second-order valence-electron chi connectivity index (χ2n) is 8.82. The summed E-state index contributed by atoms with van der Waals surface area (Å²) in [7, 11) is 1.72. The van der Waals surface area contributed by atoms with Crippen LogP contribution in [0.2, 0.25) is 0 Å². The number of aromatic nitrogens is 1. The summed E-state index contributed by atoms with van der Waals surface area (Å²) >= 11 is 0. The second-order valence-corrected chi connectivity index (χ2v) is 8.82. The Hall–Kier alpha value is -2.30. The molecular weight excluding hydrogens is 408 g/mol. The summed E-state index contributed by atoms with van der Waals surface area (Å²) in [5.74, 6) is 1.57. The smallest absolute Gasteiger partial charge is 0.251 e. The van der Waals surface area contributed by atoms with Crippen LogP contribution in [0.15, 0.2) is 47.3 Å². The first kappa shape index (κ1) is 21.9. The Balaban J connectivity index is 0.00000231. The molecule has 0 spiro atoms. The van der Waals surface area contributed by atoms with Crippen LogP contribution in [0.3, 0.4) is 0 Å². The molecule has 164 valence electrons. The molecule has 2 heterocycles. The maximum atomic E-state index is 12.4. The summed E-state index contributed by atoms with van der Waals surface area (Å²) in [5.41, 5.74) is 6.20. The average molecular weight is 439 g/mol. The van der Waals surface area contributed by atoms with Crippen LogP contribution in [0.5, 0.6) is 5.75 Å². The van der Waals surface area contributed by atoms with Crippen molar-refractivity contribution in [2.24, 2.45) is 0 Å². The molecule has 5 rings (SSSR count). The third kappa shape index (κ3) is 4.51. The first-order valence-electron chi connectivity index (χ1n) is 11.2. The van der Waals surface area contributed by atoms with E-state index in [1.807, 2.05) is 0 Å². The van der Waals surface area contributed by atoms with Crippen LogP contribution in [-0.2, 0) is 19.4 Å². The SMILES string of the molecule is COc1ccc(C2CCN(Cc3ccc4[nH]c(=O)c5c(c4c3)CCCC5)CC2)cc1.Cl. The Labute approximate surface area is 190 Å². The van der Waals surface area contributed by atoms with Gasteiger partial charge in [-0.05, 0) is 98.5 Å². The van der Waals surface area contributed by atoms with E-state index in [1.165, 1.54) is 41.3 Å². The third-order valence-electron chi connectivity index (χ3n) is 6.98. The zero-order valence-electron chi connectivity index (χ0n) is 18.2. The lowest BCUT2D eigenvalue weighted by atomic mass is 9.88. The van der Waals surface area contributed by atoms with E-state index in [0.29, 0.717) is 5.92 Å². The number of piperidine rings is 1. The highest BCUT2D eigenvalue weighted by molar-refractivity contribution is 5.85. The molecule has 1 N–H and O–H groups in total. The lowest BCUT2D eigenvalue weighted by Crippen LogP contribution is -2.32. The number of likely N-dealkylation sites (tertiary alicyclic amines) is 1. The lowest BCUT2D eigenvalue weighted by molar-refractivity contribution is 0.204. The van der Waals surface area contributed by atoms with Crippen molar-refractivity contribution in [2.75, 3.05) is 20.2 Å². The Kier molecular flexibility index (Phi) is 6.68. The molecule has 0 amide bonds. The Bertz CT molecular complexity index is 1100. The number of rotatable bonds is 4. The standard InChI is InChI=1S/C26H30N2O2.ClH/c1-30-21-9-7-19(8-10-21)20-12-14-28(15-13-20)17-18-6-11-25-24(16-18)22-4-2-3-5-23(22)26(29)27-25;/h6-11,16,20H,2-5,12-15,17H2,1H3,(H,27,29);1H. The molecule has 31 heavy (non-hydrogen) atoms. The molecule has 5 heteroatoms. The largest absolute Gasteiger partial charge is 0.497 e. The van der Waals surface area contributed by atoms with Crippen LogP contribution < -0.4 is 10.3 Å². The fourth-order valence-electron chi connectivity index (χ4n) is 5.26. The Morgan fingerprint density at radius 3 is 2.42 bits per heavy atom. The monoisotopic (exact) mass is 438 g/mol. The molecule has 0 unspecified atom stereocenters. The summed E-state index contributed by atoms with van der Waals surface area (Å²) in [6.45, 7) is 3.23. The Morgan fingerprint density at radius 2 is 1.71 bits per heavy atom. The zero-order valence-corrected chi connectivity index (χ0v) is 19.0. The van der Waals surface area contributed by atoms with E-state index < -0.39 is 0 Å². The van der Waals surface area contributed by atoms with Crippen LogP contribution in [-0.4, -0.2) is 30.1 Å². The van der Waals surface area contributed by atoms with Gasteiger partial charge in [0, 0.05) is 23.0 Å². The van der Waals surface area contributed by atoms with E-state index in [0.717, 1.165) is 55.7 Å². The normalized spacial score (nSPS) is 17.2. The molecular formula is C26H31ClN2O2. The summed E-state index contributed by atoms with van der Waals surface area (Å²) < 4.78 is 5.28. The maximum absolute atomic E-state index is 12.4. The quantitative estimate of drug-likeness (QED) is 0.607. The number of pyridine rings is 1. The fraction of sp³-hybridized carbons (Fsp3) is 0.423. The van der Waals surface area contributed by atoms with E-state index in [4.69, 9.17) is 4.74 Å². The number of halogens is 1. The van der Waals surface area contributed by atoms with E-state index in [2.05, 4.69) is 52.3 Å². The molecule has 0 radical (unpaired) electrons.